The van der Waals surface area contributed by atoms with Gasteiger partial charge in [-0.15, -0.1) is 0 Å². The third-order valence-electron chi connectivity index (χ3n) is 3.49. The summed E-state index contributed by atoms with van der Waals surface area (Å²) >= 11 is 0. The Morgan fingerprint density at radius 1 is 1.32 bits per heavy atom. The van der Waals surface area contributed by atoms with Crippen LogP contribution in [0.5, 0.6) is 11.5 Å². The van der Waals surface area contributed by atoms with Crippen molar-refractivity contribution in [1.82, 2.24) is 10.6 Å². The molecule has 2 rings (SSSR count). The molecule has 0 aromatic heterocycles. The number of sulfone groups is 1. The van der Waals surface area contributed by atoms with Crippen molar-refractivity contribution < 1.29 is 22.7 Å². The van der Waals surface area contributed by atoms with Crippen LogP contribution in [0.1, 0.15) is 12.0 Å². The number of ether oxygens (including phenoxy) is 2. The van der Waals surface area contributed by atoms with E-state index in [1.807, 2.05) is 0 Å². The molecule has 0 radical (unpaired) electrons. The van der Waals surface area contributed by atoms with E-state index in [2.05, 4.69) is 10.6 Å². The highest BCUT2D eigenvalue weighted by molar-refractivity contribution is 7.91. The second-order valence-electron chi connectivity index (χ2n) is 5.10. The Hall–Kier alpha value is -1.96. The molecule has 7 nitrogen and oxygen atoms in total. The van der Waals surface area contributed by atoms with Crippen molar-refractivity contribution in [3.8, 4) is 11.5 Å². The topological polar surface area (TPSA) is 93.7 Å². The third-order valence-corrected chi connectivity index (χ3v) is 5.26. The Kier molecular flexibility index (Phi) is 5.12. The van der Waals surface area contributed by atoms with E-state index < -0.39 is 15.9 Å². The molecule has 1 aliphatic rings. The molecule has 1 heterocycles. The third kappa shape index (κ3) is 4.27. The summed E-state index contributed by atoms with van der Waals surface area (Å²) in [6, 6.07) is 4.59. The van der Waals surface area contributed by atoms with E-state index in [-0.39, 0.29) is 24.1 Å². The van der Waals surface area contributed by atoms with Gasteiger partial charge in [0.2, 0.25) is 0 Å². The van der Waals surface area contributed by atoms with E-state index in [1.54, 1.807) is 32.4 Å². The van der Waals surface area contributed by atoms with Crippen LogP contribution in [0.4, 0.5) is 4.79 Å². The summed E-state index contributed by atoms with van der Waals surface area (Å²) in [5.74, 6) is 1.44. The van der Waals surface area contributed by atoms with Crippen LogP contribution in [0.15, 0.2) is 18.2 Å². The van der Waals surface area contributed by atoms with E-state index in [9.17, 15) is 13.2 Å². The zero-order chi connectivity index (χ0) is 16.2. The molecule has 1 aromatic rings. The van der Waals surface area contributed by atoms with Crippen molar-refractivity contribution in [2.45, 2.75) is 19.0 Å². The molecule has 22 heavy (non-hydrogen) atoms. The van der Waals surface area contributed by atoms with Crippen molar-refractivity contribution in [3.05, 3.63) is 23.8 Å². The van der Waals surface area contributed by atoms with Crippen LogP contribution in [0.2, 0.25) is 0 Å². The number of benzene rings is 1. The maximum atomic E-state index is 11.8. The molecule has 2 amide bonds. The number of carbonyl (C=O) groups is 1. The zero-order valence-electron chi connectivity index (χ0n) is 12.6. The lowest BCUT2D eigenvalue weighted by molar-refractivity contribution is 0.237. The fraction of sp³-hybridized carbons (Fsp3) is 0.500. The van der Waals surface area contributed by atoms with Crippen molar-refractivity contribution >= 4 is 15.9 Å². The minimum Gasteiger partial charge on any atom is -0.497 e. The first-order valence-corrected chi connectivity index (χ1v) is 8.71. The molecule has 0 aliphatic carbocycles. The lowest BCUT2D eigenvalue weighted by Gasteiger charge is -2.14. The van der Waals surface area contributed by atoms with Crippen LogP contribution < -0.4 is 20.1 Å². The highest BCUT2D eigenvalue weighted by Gasteiger charge is 2.28. The van der Waals surface area contributed by atoms with Gasteiger partial charge in [0.05, 0.1) is 25.7 Å². The number of hydrogen-bond donors (Lipinski definition) is 2. The molecule has 1 fully saturated rings. The molecule has 0 bridgehead atoms. The van der Waals surface area contributed by atoms with E-state index in [0.29, 0.717) is 17.9 Å². The largest absolute Gasteiger partial charge is 0.497 e. The minimum atomic E-state index is -3.01. The molecule has 1 atom stereocenters. The fourth-order valence-corrected chi connectivity index (χ4v) is 4.01. The van der Waals surface area contributed by atoms with Gasteiger partial charge in [-0.2, -0.15) is 0 Å². The first-order valence-electron chi connectivity index (χ1n) is 6.89. The van der Waals surface area contributed by atoms with Gasteiger partial charge in [-0.1, -0.05) is 0 Å². The zero-order valence-corrected chi connectivity index (χ0v) is 13.4. The van der Waals surface area contributed by atoms with Crippen molar-refractivity contribution in [2.24, 2.45) is 0 Å². The molecule has 122 valence electrons. The summed E-state index contributed by atoms with van der Waals surface area (Å²) in [6.45, 7) is 0.256. The number of rotatable bonds is 5. The van der Waals surface area contributed by atoms with Gasteiger partial charge < -0.3 is 20.1 Å². The number of urea groups is 1. The summed E-state index contributed by atoms with van der Waals surface area (Å²) in [7, 11) is 0.105. The molecule has 1 saturated heterocycles. The van der Waals surface area contributed by atoms with E-state index in [4.69, 9.17) is 9.47 Å². The van der Waals surface area contributed by atoms with Gasteiger partial charge in [0, 0.05) is 18.2 Å². The van der Waals surface area contributed by atoms with Crippen LogP contribution in [0, 0.1) is 0 Å². The predicted molar refractivity (Wildman–Crippen MR) is 82.0 cm³/mol. The highest BCUT2D eigenvalue weighted by atomic mass is 32.2. The lowest BCUT2D eigenvalue weighted by Crippen LogP contribution is -2.42. The number of carbonyl (C=O) groups excluding carboxylic acids is 1. The SMILES string of the molecule is COc1ccc(OC)c(CNC(=O)N[C@H]2CCS(=O)(=O)C2)c1. The maximum Gasteiger partial charge on any atom is 0.315 e. The number of methoxy groups -OCH3 is 2. The number of nitrogens with one attached hydrogen (secondary N) is 2. The molecule has 8 heteroatoms. The average molecular weight is 328 g/mol. The van der Waals surface area contributed by atoms with Gasteiger partial charge in [0.25, 0.3) is 0 Å². The Morgan fingerprint density at radius 2 is 2.09 bits per heavy atom. The van der Waals surface area contributed by atoms with E-state index in [0.717, 1.165) is 5.56 Å². The molecular weight excluding hydrogens is 308 g/mol. The van der Waals surface area contributed by atoms with E-state index >= 15 is 0 Å². The quantitative estimate of drug-likeness (QED) is 0.829. The lowest BCUT2D eigenvalue weighted by atomic mass is 10.2. The van der Waals surface area contributed by atoms with Crippen molar-refractivity contribution in [3.63, 3.8) is 0 Å². The maximum absolute atomic E-state index is 11.8. The Morgan fingerprint density at radius 3 is 2.68 bits per heavy atom. The molecule has 0 unspecified atom stereocenters. The predicted octanol–water partition coefficient (Wildman–Crippen LogP) is 0.690. The monoisotopic (exact) mass is 328 g/mol. The molecule has 0 saturated carbocycles. The van der Waals surface area contributed by atoms with Crippen LogP contribution in [0.3, 0.4) is 0 Å². The molecule has 1 aromatic carbocycles. The summed E-state index contributed by atoms with van der Waals surface area (Å²) in [5.41, 5.74) is 0.774. The van der Waals surface area contributed by atoms with Gasteiger partial charge in [-0.25, -0.2) is 13.2 Å². The standard InChI is InChI=1S/C14H20N2O5S/c1-20-12-3-4-13(21-2)10(7-12)8-15-14(17)16-11-5-6-22(18,19)9-11/h3-4,7,11H,5-6,8-9H2,1-2H3,(H2,15,16,17)/t11-/m0/s1. The molecule has 2 N–H and O–H groups in total. The normalized spacial score (nSPS) is 19.5. The van der Waals surface area contributed by atoms with Gasteiger partial charge in [0.15, 0.2) is 9.84 Å². The van der Waals surface area contributed by atoms with Gasteiger partial charge in [-0.05, 0) is 24.6 Å². The Labute approximate surface area is 129 Å². The summed E-state index contributed by atoms with van der Waals surface area (Å²) < 4.78 is 33.1. The molecule has 1 aliphatic heterocycles. The first kappa shape index (κ1) is 16.4. The van der Waals surface area contributed by atoms with Crippen LogP contribution in [0.25, 0.3) is 0 Å². The number of hydrogen-bond acceptors (Lipinski definition) is 5. The Bertz CT molecular complexity index is 645. The first-order chi connectivity index (χ1) is 10.4. The van der Waals surface area contributed by atoms with Crippen LogP contribution >= 0.6 is 0 Å². The molecule has 0 spiro atoms. The van der Waals surface area contributed by atoms with Gasteiger partial charge >= 0.3 is 6.03 Å². The van der Waals surface area contributed by atoms with Crippen molar-refractivity contribution in [1.29, 1.82) is 0 Å². The van der Waals surface area contributed by atoms with Gasteiger partial charge in [-0.3, -0.25) is 0 Å². The fourth-order valence-electron chi connectivity index (χ4n) is 2.34. The average Bonchev–Trinajstić information content (AvgIpc) is 2.83. The van der Waals surface area contributed by atoms with E-state index in [1.165, 1.54) is 0 Å². The second kappa shape index (κ2) is 6.87. The van der Waals surface area contributed by atoms with Gasteiger partial charge in [0.1, 0.15) is 11.5 Å². The van der Waals surface area contributed by atoms with Crippen molar-refractivity contribution in [2.75, 3.05) is 25.7 Å². The second-order valence-corrected chi connectivity index (χ2v) is 7.33. The molecular formula is C14H20N2O5S. The smallest absolute Gasteiger partial charge is 0.315 e. The summed E-state index contributed by atoms with van der Waals surface area (Å²) in [5, 5.41) is 5.37. The highest BCUT2D eigenvalue weighted by Crippen LogP contribution is 2.23. The minimum absolute atomic E-state index is 0.00288. The summed E-state index contributed by atoms with van der Waals surface area (Å²) in [4.78, 5) is 11.8. The summed E-state index contributed by atoms with van der Waals surface area (Å²) in [6.07, 6.45) is 0.457. The van der Waals surface area contributed by atoms with Crippen LogP contribution in [-0.2, 0) is 16.4 Å². The Balaban J connectivity index is 1.91. The van der Waals surface area contributed by atoms with Crippen LogP contribution in [-0.4, -0.2) is 46.2 Å². The number of amides is 2.